The number of aryl methyl sites for hydroxylation is 2. The predicted molar refractivity (Wildman–Crippen MR) is 129 cm³/mol. The van der Waals surface area contributed by atoms with Gasteiger partial charge in [0, 0.05) is 49.1 Å². The molecule has 1 amide bonds. The van der Waals surface area contributed by atoms with Crippen LogP contribution in [0.4, 0.5) is 5.82 Å². The molecule has 0 unspecified atom stereocenters. The lowest BCUT2D eigenvalue weighted by Gasteiger charge is -2.22. The molecule has 4 heterocycles. The Labute approximate surface area is 203 Å². The number of hydrogen-bond donors (Lipinski definition) is 1. The second-order valence-corrected chi connectivity index (χ2v) is 9.70. The summed E-state index contributed by atoms with van der Waals surface area (Å²) in [5.74, 6) is 0.939. The Morgan fingerprint density at radius 3 is 2.76 bits per heavy atom. The largest absolute Gasteiger partial charge is 0.481 e. The highest BCUT2D eigenvalue weighted by Crippen LogP contribution is 2.54. The molecule has 178 valence electrons. The molecule has 1 saturated heterocycles. The maximum absolute atomic E-state index is 13.4. The van der Waals surface area contributed by atoms with Crippen LogP contribution < -0.4 is 10.1 Å². The summed E-state index contributed by atoms with van der Waals surface area (Å²) in [5.41, 5.74) is 3.49. The fourth-order valence-corrected chi connectivity index (χ4v) is 5.11. The summed E-state index contributed by atoms with van der Waals surface area (Å²) in [6, 6.07) is 5.89. The van der Waals surface area contributed by atoms with Gasteiger partial charge in [-0.15, -0.1) is 0 Å². The number of hydrogen-bond acceptors (Lipinski definition) is 7. The highest BCUT2D eigenvalue weighted by atomic mass is 35.5. The Bertz CT molecular complexity index is 1240. The standard InChI is InChI=1S/C24H28ClN7O2/c1-14(17-9-22(34-4)26-10-18(17)25)23(33)32-12-20(24(13-32)7-8-24)29-21-6-5-16(15(2)28-21)19-11-27-31(3)30-19/h5-6,9-11,14,20H,7-8,12-13H2,1-4H3,(H,28,29)/t14-,20-/m1/s1. The highest BCUT2D eigenvalue weighted by molar-refractivity contribution is 6.31. The number of halogens is 1. The van der Waals surface area contributed by atoms with Crippen molar-refractivity contribution >= 4 is 23.3 Å². The molecule has 3 aromatic heterocycles. The summed E-state index contributed by atoms with van der Waals surface area (Å²) in [6.07, 6.45) is 5.48. The number of rotatable bonds is 6. The molecule has 5 rings (SSSR count). The lowest BCUT2D eigenvalue weighted by atomic mass is 10.0. The van der Waals surface area contributed by atoms with E-state index in [1.165, 1.54) is 11.0 Å². The van der Waals surface area contributed by atoms with Gasteiger partial charge in [-0.25, -0.2) is 9.97 Å². The van der Waals surface area contributed by atoms with Crippen LogP contribution in [0.5, 0.6) is 5.88 Å². The normalized spacial score (nSPS) is 19.3. The van der Waals surface area contributed by atoms with Crippen LogP contribution in [-0.4, -0.2) is 62.0 Å². The molecule has 0 aromatic carbocycles. The lowest BCUT2D eigenvalue weighted by Crippen LogP contribution is -2.34. The van der Waals surface area contributed by atoms with E-state index in [0.29, 0.717) is 17.4 Å². The summed E-state index contributed by atoms with van der Waals surface area (Å²) in [4.78, 5) is 25.8. The number of carbonyl (C=O) groups is 1. The van der Waals surface area contributed by atoms with Crippen molar-refractivity contribution in [3.63, 3.8) is 0 Å². The molecule has 1 aliphatic heterocycles. The second-order valence-electron chi connectivity index (χ2n) is 9.30. The average Bonchev–Trinajstić information content (AvgIpc) is 3.34. The van der Waals surface area contributed by atoms with Crippen molar-refractivity contribution in [2.75, 3.05) is 25.5 Å². The number of methoxy groups -OCH3 is 1. The fourth-order valence-electron chi connectivity index (χ4n) is 4.85. The van der Waals surface area contributed by atoms with E-state index in [-0.39, 0.29) is 23.3 Å². The van der Waals surface area contributed by atoms with Gasteiger partial charge < -0.3 is 15.0 Å². The van der Waals surface area contributed by atoms with E-state index in [0.717, 1.165) is 47.7 Å². The van der Waals surface area contributed by atoms with E-state index in [9.17, 15) is 4.79 Å². The number of ether oxygens (including phenoxy) is 1. The third-order valence-electron chi connectivity index (χ3n) is 7.04. The number of likely N-dealkylation sites (tertiary alicyclic amines) is 1. The van der Waals surface area contributed by atoms with Crippen molar-refractivity contribution in [1.29, 1.82) is 0 Å². The number of amides is 1. The molecule has 0 bridgehead atoms. The SMILES string of the molecule is COc1cc([C@@H](C)C(=O)N2C[C@@H](Nc3ccc(-c4cnn(C)n4)c(C)n3)C3(CC3)C2)c(Cl)cn1. The van der Waals surface area contributed by atoms with E-state index in [1.807, 2.05) is 30.9 Å². The van der Waals surface area contributed by atoms with Gasteiger partial charge in [-0.2, -0.15) is 15.0 Å². The first kappa shape index (κ1) is 22.6. The predicted octanol–water partition coefficient (Wildman–Crippen LogP) is 3.45. The smallest absolute Gasteiger partial charge is 0.229 e. The summed E-state index contributed by atoms with van der Waals surface area (Å²) >= 11 is 6.36. The Kier molecular flexibility index (Phi) is 5.67. The molecule has 2 atom stereocenters. The summed E-state index contributed by atoms with van der Waals surface area (Å²) in [6.45, 7) is 5.24. The first-order valence-corrected chi connectivity index (χ1v) is 11.8. The number of carbonyl (C=O) groups excluding carboxylic acids is 1. The van der Waals surface area contributed by atoms with Gasteiger partial charge in [-0.05, 0) is 44.4 Å². The zero-order chi connectivity index (χ0) is 24.0. The number of anilines is 1. The molecule has 1 saturated carbocycles. The molecule has 1 N–H and O–H groups in total. The van der Waals surface area contributed by atoms with Gasteiger partial charge in [0.05, 0.1) is 30.3 Å². The minimum absolute atomic E-state index is 0.0628. The van der Waals surface area contributed by atoms with Gasteiger partial charge in [0.25, 0.3) is 0 Å². The molecule has 3 aromatic rings. The zero-order valence-corrected chi connectivity index (χ0v) is 20.5. The van der Waals surface area contributed by atoms with E-state index in [1.54, 1.807) is 26.4 Å². The van der Waals surface area contributed by atoms with Crippen molar-refractivity contribution < 1.29 is 9.53 Å². The van der Waals surface area contributed by atoms with E-state index >= 15 is 0 Å². The molecule has 1 spiro atoms. The summed E-state index contributed by atoms with van der Waals surface area (Å²) in [7, 11) is 3.35. The number of nitrogens with zero attached hydrogens (tertiary/aromatic N) is 6. The van der Waals surface area contributed by atoms with Gasteiger partial charge in [0.1, 0.15) is 11.5 Å². The lowest BCUT2D eigenvalue weighted by molar-refractivity contribution is -0.131. The van der Waals surface area contributed by atoms with Gasteiger partial charge in [0.15, 0.2) is 0 Å². The Balaban J connectivity index is 1.31. The van der Waals surface area contributed by atoms with Crippen molar-refractivity contribution in [3.8, 4) is 17.1 Å². The van der Waals surface area contributed by atoms with E-state index < -0.39 is 0 Å². The first-order chi connectivity index (χ1) is 16.3. The Morgan fingerprint density at radius 2 is 2.12 bits per heavy atom. The fraction of sp³-hybridized carbons (Fsp3) is 0.458. The minimum atomic E-state index is -0.384. The number of aromatic nitrogens is 5. The Hall–Kier alpha value is -3.20. The van der Waals surface area contributed by atoms with Crippen LogP contribution in [0, 0.1) is 12.3 Å². The van der Waals surface area contributed by atoms with Gasteiger partial charge in [-0.3, -0.25) is 4.79 Å². The molecular weight excluding hydrogens is 454 g/mol. The van der Waals surface area contributed by atoms with Gasteiger partial charge >= 0.3 is 0 Å². The molecule has 0 radical (unpaired) electrons. The highest BCUT2D eigenvalue weighted by Gasteiger charge is 2.56. The second kappa shape index (κ2) is 8.54. The third kappa shape index (κ3) is 4.09. The van der Waals surface area contributed by atoms with Crippen molar-refractivity contribution in [2.24, 2.45) is 12.5 Å². The maximum atomic E-state index is 13.4. The molecule has 9 nitrogen and oxygen atoms in total. The van der Waals surface area contributed by atoms with Crippen LogP contribution in [0.15, 0.2) is 30.6 Å². The molecule has 2 fully saturated rings. The third-order valence-corrected chi connectivity index (χ3v) is 7.36. The first-order valence-electron chi connectivity index (χ1n) is 11.4. The van der Waals surface area contributed by atoms with Crippen LogP contribution in [0.3, 0.4) is 0 Å². The quantitative estimate of drug-likeness (QED) is 0.575. The molecule has 10 heteroatoms. The van der Waals surface area contributed by atoms with E-state index in [4.69, 9.17) is 21.3 Å². The molecular formula is C24H28ClN7O2. The van der Waals surface area contributed by atoms with Gasteiger partial charge in [0.2, 0.25) is 11.8 Å². The molecule has 1 aliphatic carbocycles. The van der Waals surface area contributed by atoms with Gasteiger partial charge in [-0.1, -0.05) is 11.6 Å². The topological polar surface area (TPSA) is 98.1 Å². The molecule has 2 aliphatic rings. The Morgan fingerprint density at radius 1 is 1.32 bits per heavy atom. The van der Waals surface area contributed by atoms with Crippen LogP contribution in [0.2, 0.25) is 5.02 Å². The molecule has 34 heavy (non-hydrogen) atoms. The zero-order valence-electron chi connectivity index (χ0n) is 19.7. The van der Waals surface area contributed by atoms with Crippen LogP contribution in [-0.2, 0) is 11.8 Å². The number of pyridine rings is 2. The van der Waals surface area contributed by atoms with Crippen molar-refractivity contribution in [3.05, 3.63) is 46.9 Å². The monoisotopic (exact) mass is 481 g/mol. The minimum Gasteiger partial charge on any atom is -0.481 e. The maximum Gasteiger partial charge on any atom is 0.229 e. The summed E-state index contributed by atoms with van der Waals surface area (Å²) < 4.78 is 5.22. The summed E-state index contributed by atoms with van der Waals surface area (Å²) in [5, 5.41) is 12.6. The van der Waals surface area contributed by atoms with Crippen molar-refractivity contribution in [1.82, 2.24) is 29.9 Å². The van der Waals surface area contributed by atoms with Crippen molar-refractivity contribution in [2.45, 2.75) is 38.6 Å². The number of nitrogens with one attached hydrogen (secondary N) is 1. The van der Waals surface area contributed by atoms with Crippen LogP contribution >= 0.6 is 11.6 Å². The average molecular weight is 482 g/mol. The van der Waals surface area contributed by atoms with Crippen LogP contribution in [0.25, 0.3) is 11.3 Å². The van der Waals surface area contributed by atoms with E-state index in [2.05, 4.69) is 20.5 Å². The van der Waals surface area contributed by atoms with Crippen LogP contribution in [0.1, 0.15) is 36.9 Å².